The third-order valence-electron chi connectivity index (χ3n) is 3.84. The van der Waals surface area contributed by atoms with Crippen LogP contribution in [0.25, 0.3) is 0 Å². The van der Waals surface area contributed by atoms with Crippen molar-refractivity contribution in [2.45, 2.75) is 32.6 Å². The van der Waals surface area contributed by atoms with Crippen molar-refractivity contribution in [3.8, 4) is 0 Å². The Morgan fingerprint density at radius 2 is 2.19 bits per heavy atom. The highest BCUT2D eigenvalue weighted by Crippen LogP contribution is 2.21. The molecule has 4 heteroatoms. The van der Waals surface area contributed by atoms with Crippen LogP contribution in [0.4, 0.5) is 0 Å². The molecule has 2 aliphatic rings. The summed E-state index contributed by atoms with van der Waals surface area (Å²) in [4.78, 5) is 14.0. The SMILES string of the molecule is CCC1CCN(C(=O)CC2CCNC2)C1.Cl. The van der Waals surface area contributed by atoms with E-state index in [-0.39, 0.29) is 12.4 Å². The molecule has 0 aliphatic carbocycles. The van der Waals surface area contributed by atoms with E-state index in [1.807, 2.05) is 0 Å². The van der Waals surface area contributed by atoms with Gasteiger partial charge in [0.1, 0.15) is 0 Å². The van der Waals surface area contributed by atoms with Gasteiger partial charge in [0.2, 0.25) is 5.91 Å². The van der Waals surface area contributed by atoms with Crippen LogP contribution in [0.15, 0.2) is 0 Å². The predicted molar refractivity (Wildman–Crippen MR) is 67.8 cm³/mol. The topological polar surface area (TPSA) is 32.3 Å². The van der Waals surface area contributed by atoms with Gasteiger partial charge < -0.3 is 10.2 Å². The molecule has 2 rings (SSSR count). The molecule has 0 aromatic rings. The summed E-state index contributed by atoms with van der Waals surface area (Å²) in [6, 6.07) is 0. The minimum Gasteiger partial charge on any atom is -0.342 e. The average molecular weight is 247 g/mol. The van der Waals surface area contributed by atoms with Crippen LogP contribution < -0.4 is 5.32 Å². The zero-order valence-corrected chi connectivity index (χ0v) is 10.9. The molecule has 0 aromatic carbocycles. The third kappa shape index (κ3) is 3.36. The number of carbonyl (C=O) groups is 1. The quantitative estimate of drug-likeness (QED) is 0.822. The summed E-state index contributed by atoms with van der Waals surface area (Å²) >= 11 is 0. The van der Waals surface area contributed by atoms with Crippen molar-refractivity contribution < 1.29 is 4.79 Å². The maximum Gasteiger partial charge on any atom is 0.222 e. The standard InChI is InChI=1S/C12H22N2O.ClH/c1-2-10-4-6-14(9-10)12(15)7-11-3-5-13-8-11;/h10-11,13H,2-9H2,1H3;1H. The van der Waals surface area contributed by atoms with Crippen molar-refractivity contribution in [2.24, 2.45) is 11.8 Å². The molecule has 94 valence electrons. The average Bonchev–Trinajstić information content (AvgIpc) is 2.86. The minimum absolute atomic E-state index is 0. The first-order chi connectivity index (χ1) is 7.29. The lowest BCUT2D eigenvalue weighted by molar-refractivity contribution is -0.131. The van der Waals surface area contributed by atoms with Crippen molar-refractivity contribution in [3.63, 3.8) is 0 Å². The van der Waals surface area contributed by atoms with Gasteiger partial charge in [0.25, 0.3) is 0 Å². The van der Waals surface area contributed by atoms with E-state index < -0.39 is 0 Å². The van der Waals surface area contributed by atoms with E-state index in [2.05, 4.69) is 17.1 Å². The number of hydrogen-bond donors (Lipinski definition) is 1. The molecule has 0 bridgehead atoms. The fraction of sp³-hybridized carbons (Fsp3) is 0.917. The Kier molecular flexibility index (Phi) is 5.56. The highest BCUT2D eigenvalue weighted by molar-refractivity contribution is 5.85. The second-order valence-corrected chi connectivity index (χ2v) is 4.97. The summed E-state index contributed by atoms with van der Waals surface area (Å²) in [6.45, 7) is 6.36. The summed E-state index contributed by atoms with van der Waals surface area (Å²) in [5.41, 5.74) is 0. The molecule has 0 aromatic heterocycles. The molecule has 2 heterocycles. The summed E-state index contributed by atoms with van der Waals surface area (Å²) in [7, 11) is 0. The van der Waals surface area contributed by atoms with E-state index in [1.165, 1.54) is 19.3 Å². The number of hydrogen-bond acceptors (Lipinski definition) is 2. The number of likely N-dealkylation sites (tertiary alicyclic amines) is 1. The Morgan fingerprint density at radius 3 is 2.75 bits per heavy atom. The molecule has 3 nitrogen and oxygen atoms in total. The molecular formula is C12H23ClN2O. The Bertz CT molecular complexity index is 229. The molecule has 2 saturated heterocycles. The van der Waals surface area contributed by atoms with Gasteiger partial charge in [-0.3, -0.25) is 4.79 Å². The molecular weight excluding hydrogens is 224 g/mol. The molecule has 2 atom stereocenters. The van der Waals surface area contributed by atoms with E-state index in [0.717, 1.165) is 38.5 Å². The number of nitrogens with zero attached hydrogens (tertiary/aromatic N) is 1. The first-order valence-corrected chi connectivity index (χ1v) is 6.28. The number of carbonyl (C=O) groups excluding carboxylic acids is 1. The van der Waals surface area contributed by atoms with Gasteiger partial charge in [-0.1, -0.05) is 13.3 Å². The second kappa shape index (κ2) is 6.45. The second-order valence-electron chi connectivity index (χ2n) is 4.97. The first kappa shape index (κ1) is 13.8. The Labute approximate surface area is 104 Å². The minimum atomic E-state index is 0. The molecule has 2 unspecified atom stereocenters. The zero-order chi connectivity index (χ0) is 10.7. The van der Waals surface area contributed by atoms with Crippen molar-refractivity contribution >= 4 is 18.3 Å². The molecule has 0 radical (unpaired) electrons. The van der Waals surface area contributed by atoms with Gasteiger partial charge >= 0.3 is 0 Å². The van der Waals surface area contributed by atoms with Crippen LogP contribution in [0, 0.1) is 11.8 Å². The van der Waals surface area contributed by atoms with Crippen LogP contribution in [-0.2, 0) is 4.79 Å². The highest BCUT2D eigenvalue weighted by Gasteiger charge is 2.27. The van der Waals surface area contributed by atoms with Crippen LogP contribution in [0.2, 0.25) is 0 Å². The van der Waals surface area contributed by atoms with Gasteiger partial charge in [0.15, 0.2) is 0 Å². The van der Waals surface area contributed by atoms with Gasteiger partial charge in [0, 0.05) is 19.5 Å². The van der Waals surface area contributed by atoms with E-state index in [9.17, 15) is 4.79 Å². The van der Waals surface area contributed by atoms with Gasteiger partial charge in [0.05, 0.1) is 0 Å². The maximum absolute atomic E-state index is 12.0. The van der Waals surface area contributed by atoms with Gasteiger partial charge in [-0.05, 0) is 37.8 Å². The number of nitrogens with one attached hydrogen (secondary N) is 1. The highest BCUT2D eigenvalue weighted by atomic mass is 35.5. The molecule has 16 heavy (non-hydrogen) atoms. The molecule has 1 amide bonds. The number of rotatable bonds is 3. The van der Waals surface area contributed by atoms with Crippen molar-refractivity contribution in [1.82, 2.24) is 10.2 Å². The fourth-order valence-electron chi connectivity index (χ4n) is 2.66. The Hall–Kier alpha value is -0.280. The van der Waals surface area contributed by atoms with Crippen molar-refractivity contribution in [1.29, 1.82) is 0 Å². The van der Waals surface area contributed by atoms with E-state index in [4.69, 9.17) is 0 Å². The maximum atomic E-state index is 12.0. The molecule has 2 aliphatic heterocycles. The zero-order valence-electron chi connectivity index (χ0n) is 10.1. The smallest absolute Gasteiger partial charge is 0.222 e. The monoisotopic (exact) mass is 246 g/mol. The molecule has 2 fully saturated rings. The Balaban J connectivity index is 0.00000128. The normalized spacial score (nSPS) is 29.2. The van der Waals surface area contributed by atoms with Gasteiger partial charge in [-0.25, -0.2) is 0 Å². The van der Waals surface area contributed by atoms with Crippen LogP contribution in [0.5, 0.6) is 0 Å². The van der Waals surface area contributed by atoms with Crippen molar-refractivity contribution in [2.75, 3.05) is 26.2 Å². The molecule has 1 N–H and O–H groups in total. The Morgan fingerprint density at radius 1 is 1.38 bits per heavy atom. The molecule has 0 saturated carbocycles. The van der Waals surface area contributed by atoms with E-state index in [0.29, 0.717) is 11.8 Å². The lowest BCUT2D eigenvalue weighted by atomic mass is 10.0. The van der Waals surface area contributed by atoms with Crippen LogP contribution in [0.1, 0.15) is 32.6 Å². The third-order valence-corrected chi connectivity index (χ3v) is 3.84. The van der Waals surface area contributed by atoms with Crippen LogP contribution >= 0.6 is 12.4 Å². The number of halogens is 1. The van der Waals surface area contributed by atoms with Gasteiger partial charge in [-0.2, -0.15) is 0 Å². The van der Waals surface area contributed by atoms with Gasteiger partial charge in [-0.15, -0.1) is 12.4 Å². The number of amides is 1. The van der Waals surface area contributed by atoms with Crippen LogP contribution in [0.3, 0.4) is 0 Å². The first-order valence-electron chi connectivity index (χ1n) is 6.28. The summed E-state index contributed by atoms with van der Waals surface area (Å²) in [6.07, 6.45) is 4.38. The van der Waals surface area contributed by atoms with Crippen molar-refractivity contribution in [3.05, 3.63) is 0 Å². The van der Waals surface area contributed by atoms with Crippen LogP contribution in [-0.4, -0.2) is 37.0 Å². The largest absolute Gasteiger partial charge is 0.342 e. The lowest BCUT2D eigenvalue weighted by Crippen LogP contribution is -2.30. The van der Waals surface area contributed by atoms with E-state index in [1.54, 1.807) is 0 Å². The molecule has 0 spiro atoms. The summed E-state index contributed by atoms with van der Waals surface area (Å²) < 4.78 is 0. The lowest BCUT2D eigenvalue weighted by Gasteiger charge is -2.18. The fourth-order valence-corrected chi connectivity index (χ4v) is 2.66. The summed E-state index contributed by atoms with van der Waals surface area (Å²) in [5, 5.41) is 3.32. The summed E-state index contributed by atoms with van der Waals surface area (Å²) in [5.74, 6) is 1.74. The predicted octanol–water partition coefficient (Wildman–Crippen LogP) is 1.67. The van der Waals surface area contributed by atoms with E-state index >= 15 is 0 Å².